The minimum Gasteiger partial charge on any atom is -0.465 e. The molecule has 134 valence electrons. The van der Waals surface area contributed by atoms with Crippen LogP contribution in [0, 0.1) is 6.92 Å². The molecule has 0 radical (unpaired) electrons. The smallest absolute Gasteiger partial charge is 0.416 e. The summed E-state index contributed by atoms with van der Waals surface area (Å²) in [5, 5.41) is 2.92. The Kier molecular flexibility index (Phi) is 5.52. The monoisotopic (exact) mass is 371 g/mol. The van der Waals surface area contributed by atoms with Crippen molar-refractivity contribution in [1.82, 2.24) is 0 Å². The zero-order valence-electron chi connectivity index (χ0n) is 13.8. The summed E-state index contributed by atoms with van der Waals surface area (Å²) in [5.74, 6) is -1.16. The van der Waals surface area contributed by atoms with Crippen molar-refractivity contribution in [3.05, 3.63) is 51.4 Å². The van der Waals surface area contributed by atoms with Gasteiger partial charge in [-0.2, -0.15) is 13.2 Å². The highest BCUT2D eigenvalue weighted by molar-refractivity contribution is 7.16. The number of methoxy groups -OCH3 is 1. The Hall–Kier alpha value is -2.35. The van der Waals surface area contributed by atoms with Gasteiger partial charge in [-0.25, -0.2) is 4.79 Å². The quantitative estimate of drug-likeness (QED) is 0.794. The predicted molar refractivity (Wildman–Crippen MR) is 89.2 cm³/mol. The van der Waals surface area contributed by atoms with Crippen LogP contribution in [0.2, 0.25) is 0 Å². The molecule has 0 atom stereocenters. The number of esters is 1. The summed E-state index contributed by atoms with van der Waals surface area (Å²) >= 11 is 1.23. The molecule has 2 rings (SSSR count). The summed E-state index contributed by atoms with van der Waals surface area (Å²) in [6.45, 7) is 3.70. The van der Waals surface area contributed by atoms with Gasteiger partial charge in [-0.05, 0) is 43.2 Å². The van der Waals surface area contributed by atoms with E-state index in [2.05, 4.69) is 5.32 Å². The van der Waals surface area contributed by atoms with Crippen molar-refractivity contribution >= 4 is 28.2 Å². The Balaban J connectivity index is 2.30. The predicted octanol–water partition coefficient (Wildman–Crippen LogP) is 4.68. The number of nitrogens with one attached hydrogen (secondary N) is 1. The van der Waals surface area contributed by atoms with Crippen LogP contribution in [0.3, 0.4) is 0 Å². The number of halogens is 3. The normalized spacial score (nSPS) is 11.3. The van der Waals surface area contributed by atoms with Gasteiger partial charge in [0.25, 0.3) is 5.91 Å². The second kappa shape index (κ2) is 7.26. The lowest BCUT2D eigenvalue weighted by Crippen LogP contribution is -2.15. The van der Waals surface area contributed by atoms with Gasteiger partial charge >= 0.3 is 12.1 Å². The Bertz CT molecular complexity index is 795. The van der Waals surface area contributed by atoms with E-state index in [1.165, 1.54) is 18.4 Å². The fourth-order valence-corrected chi connectivity index (χ4v) is 3.52. The van der Waals surface area contributed by atoms with Crippen LogP contribution in [-0.2, 0) is 17.3 Å². The molecule has 0 aliphatic heterocycles. The number of ether oxygens (including phenoxy) is 1. The van der Waals surface area contributed by atoms with E-state index in [-0.39, 0.29) is 11.1 Å². The van der Waals surface area contributed by atoms with Crippen molar-refractivity contribution in [3.8, 4) is 0 Å². The van der Waals surface area contributed by atoms with Gasteiger partial charge in [0.05, 0.1) is 18.2 Å². The van der Waals surface area contributed by atoms with Crippen LogP contribution in [0.15, 0.2) is 24.3 Å². The van der Waals surface area contributed by atoms with E-state index in [0.29, 0.717) is 11.4 Å². The summed E-state index contributed by atoms with van der Waals surface area (Å²) < 4.78 is 42.5. The summed E-state index contributed by atoms with van der Waals surface area (Å²) in [5.41, 5.74) is 0.291. The van der Waals surface area contributed by atoms with Gasteiger partial charge in [0.1, 0.15) is 5.00 Å². The number of thiophene rings is 1. The van der Waals surface area contributed by atoms with Crippen molar-refractivity contribution < 1.29 is 27.5 Å². The number of benzene rings is 1. The average Bonchev–Trinajstić information content (AvgIpc) is 2.88. The third-order valence-electron chi connectivity index (χ3n) is 3.65. The van der Waals surface area contributed by atoms with Gasteiger partial charge in [-0.3, -0.25) is 4.79 Å². The first-order valence-corrected chi connectivity index (χ1v) is 8.19. The first kappa shape index (κ1) is 19.0. The van der Waals surface area contributed by atoms with Gasteiger partial charge in [-0.15, -0.1) is 11.3 Å². The molecule has 0 spiro atoms. The number of rotatable bonds is 4. The van der Waals surface area contributed by atoms with Crippen molar-refractivity contribution in [3.63, 3.8) is 0 Å². The standard InChI is InChI=1S/C17H16F3NO3S/c1-4-12-9(2)25-15(13(12)16(23)24-3)21-14(22)10-5-7-11(8-6-10)17(18,19)20/h5-8H,4H2,1-3H3,(H,21,22). The fraction of sp³-hybridized carbons (Fsp3) is 0.294. The second-order valence-corrected chi connectivity index (χ2v) is 6.44. The third-order valence-corrected chi connectivity index (χ3v) is 4.72. The largest absolute Gasteiger partial charge is 0.465 e. The van der Waals surface area contributed by atoms with Crippen molar-refractivity contribution in [1.29, 1.82) is 0 Å². The van der Waals surface area contributed by atoms with Crippen LogP contribution < -0.4 is 5.32 Å². The molecule has 0 fully saturated rings. The molecule has 0 unspecified atom stereocenters. The zero-order chi connectivity index (χ0) is 18.8. The Morgan fingerprint density at radius 2 is 1.80 bits per heavy atom. The first-order valence-electron chi connectivity index (χ1n) is 7.38. The lowest BCUT2D eigenvalue weighted by molar-refractivity contribution is -0.137. The number of carbonyl (C=O) groups is 2. The van der Waals surface area contributed by atoms with E-state index in [0.717, 1.165) is 34.7 Å². The van der Waals surface area contributed by atoms with Gasteiger partial charge in [0.2, 0.25) is 0 Å². The van der Waals surface area contributed by atoms with Crippen LogP contribution in [0.25, 0.3) is 0 Å². The van der Waals surface area contributed by atoms with Crippen LogP contribution >= 0.6 is 11.3 Å². The Labute approximate surface area is 146 Å². The van der Waals surface area contributed by atoms with Crippen molar-refractivity contribution in [2.45, 2.75) is 26.4 Å². The van der Waals surface area contributed by atoms with Crippen LogP contribution in [0.1, 0.15) is 43.6 Å². The lowest BCUT2D eigenvalue weighted by Gasteiger charge is -2.09. The van der Waals surface area contributed by atoms with Crippen LogP contribution in [-0.4, -0.2) is 19.0 Å². The molecule has 1 aromatic carbocycles. The zero-order valence-corrected chi connectivity index (χ0v) is 14.6. The minimum atomic E-state index is -4.46. The SMILES string of the molecule is CCc1c(C)sc(NC(=O)c2ccc(C(F)(F)F)cc2)c1C(=O)OC. The summed E-state index contributed by atoms with van der Waals surface area (Å²) in [7, 11) is 1.25. The van der Waals surface area contributed by atoms with E-state index >= 15 is 0 Å². The highest BCUT2D eigenvalue weighted by Gasteiger charge is 2.30. The van der Waals surface area contributed by atoms with Crippen molar-refractivity contribution in [2.24, 2.45) is 0 Å². The third kappa shape index (κ3) is 4.01. The molecule has 1 N–H and O–H groups in total. The molecule has 0 aliphatic carbocycles. The van der Waals surface area contributed by atoms with E-state index in [1.807, 2.05) is 13.8 Å². The maximum atomic E-state index is 12.6. The molecular formula is C17H16F3NO3S. The molecule has 25 heavy (non-hydrogen) atoms. The molecule has 1 heterocycles. The second-order valence-electron chi connectivity index (χ2n) is 5.22. The molecule has 0 saturated carbocycles. The van der Waals surface area contributed by atoms with E-state index in [4.69, 9.17) is 4.74 Å². The first-order chi connectivity index (χ1) is 11.7. The number of aryl methyl sites for hydroxylation is 1. The molecule has 1 aromatic heterocycles. The van der Waals surface area contributed by atoms with Gasteiger partial charge in [0, 0.05) is 10.4 Å². The van der Waals surface area contributed by atoms with Gasteiger partial charge in [-0.1, -0.05) is 6.92 Å². The summed E-state index contributed by atoms with van der Waals surface area (Å²) in [6.07, 6.45) is -3.88. The number of hydrogen-bond acceptors (Lipinski definition) is 4. The summed E-state index contributed by atoms with van der Waals surface area (Å²) in [4.78, 5) is 25.2. The topological polar surface area (TPSA) is 55.4 Å². The number of hydrogen-bond donors (Lipinski definition) is 1. The molecule has 2 aromatic rings. The average molecular weight is 371 g/mol. The van der Waals surface area contributed by atoms with E-state index < -0.39 is 23.6 Å². The van der Waals surface area contributed by atoms with Crippen LogP contribution in [0.4, 0.5) is 18.2 Å². The molecule has 1 amide bonds. The maximum Gasteiger partial charge on any atom is 0.416 e. The molecular weight excluding hydrogens is 355 g/mol. The van der Waals surface area contributed by atoms with Gasteiger partial charge < -0.3 is 10.1 Å². The number of carbonyl (C=O) groups excluding carboxylic acids is 2. The number of anilines is 1. The van der Waals surface area contributed by atoms with Gasteiger partial charge in [0.15, 0.2) is 0 Å². The lowest BCUT2D eigenvalue weighted by atomic mass is 10.1. The minimum absolute atomic E-state index is 0.0629. The Morgan fingerprint density at radius 1 is 1.20 bits per heavy atom. The van der Waals surface area contributed by atoms with Crippen LogP contribution in [0.5, 0.6) is 0 Å². The molecule has 8 heteroatoms. The highest BCUT2D eigenvalue weighted by atomic mass is 32.1. The molecule has 4 nitrogen and oxygen atoms in total. The van der Waals surface area contributed by atoms with E-state index in [1.54, 1.807) is 0 Å². The number of amides is 1. The van der Waals surface area contributed by atoms with Crippen molar-refractivity contribution in [2.75, 3.05) is 12.4 Å². The summed E-state index contributed by atoms with van der Waals surface area (Å²) in [6, 6.07) is 3.87. The molecule has 0 bridgehead atoms. The number of alkyl halides is 3. The Morgan fingerprint density at radius 3 is 2.28 bits per heavy atom. The maximum absolute atomic E-state index is 12.6. The highest BCUT2D eigenvalue weighted by Crippen LogP contribution is 2.34. The fourth-order valence-electron chi connectivity index (χ4n) is 2.40. The molecule has 0 saturated heterocycles. The van der Waals surface area contributed by atoms with E-state index in [9.17, 15) is 22.8 Å². The molecule has 0 aliphatic rings.